The third-order valence-electron chi connectivity index (χ3n) is 2.46. The lowest BCUT2D eigenvalue weighted by atomic mass is 10.1. The van der Waals surface area contributed by atoms with E-state index in [1.165, 1.54) is 6.33 Å². The Kier molecular flexibility index (Phi) is 1.94. The van der Waals surface area contributed by atoms with Crippen LogP contribution in [-0.2, 0) is 0 Å². The van der Waals surface area contributed by atoms with Crippen LogP contribution in [0.2, 0.25) is 0 Å². The third kappa shape index (κ3) is 1.55. The Labute approximate surface area is 96.9 Å². The van der Waals surface area contributed by atoms with Gasteiger partial charge in [0.1, 0.15) is 17.8 Å². The number of rotatable bonds is 1. The molecule has 4 N–H and O–H groups in total. The quantitative estimate of drug-likeness (QED) is 0.644. The lowest BCUT2D eigenvalue weighted by Crippen LogP contribution is -1.94. The highest BCUT2D eigenvalue weighted by Gasteiger charge is 2.08. The second-order valence-corrected chi connectivity index (χ2v) is 3.71. The molecule has 3 heterocycles. The number of nitrogens with two attached hydrogens (primary N) is 2. The van der Waals surface area contributed by atoms with Crippen molar-refractivity contribution in [2.24, 2.45) is 0 Å². The van der Waals surface area contributed by atoms with Crippen LogP contribution in [0.15, 0.2) is 37.2 Å². The molecule has 0 atom stereocenters. The SMILES string of the molecule is Nc1cc(-c2cncnc2)c2nc(N)cn2c1. The van der Waals surface area contributed by atoms with Crippen LogP contribution >= 0.6 is 0 Å². The summed E-state index contributed by atoms with van der Waals surface area (Å²) in [5.41, 5.74) is 14.6. The summed E-state index contributed by atoms with van der Waals surface area (Å²) in [4.78, 5) is 12.2. The fourth-order valence-electron chi connectivity index (χ4n) is 1.79. The van der Waals surface area contributed by atoms with E-state index in [4.69, 9.17) is 11.5 Å². The van der Waals surface area contributed by atoms with Crippen LogP contribution in [0.5, 0.6) is 0 Å². The van der Waals surface area contributed by atoms with Gasteiger partial charge in [-0.05, 0) is 6.07 Å². The number of imidazole rings is 1. The molecule has 0 saturated heterocycles. The number of hydrogen-bond donors (Lipinski definition) is 2. The van der Waals surface area contributed by atoms with E-state index in [9.17, 15) is 0 Å². The van der Waals surface area contributed by atoms with Gasteiger partial charge in [-0.3, -0.25) is 0 Å². The highest BCUT2D eigenvalue weighted by atomic mass is 15.0. The van der Waals surface area contributed by atoms with Crippen molar-refractivity contribution in [3.8, 4) is 11.1 Å². The molecule has 0 fully saturated rings. The molecule has 3 rings (SSSR count). The Morgan fingerprint density at radius 2 is 1.82 bits per heavy atom. The minimum atomic E-state index is 0.452. The summed E-state index contributed by atoms with van der Waals surface area (Å²) in [5, 5.41) is 0. The van der Waals surface area contributed by atoms with Crippen LogP contribution in [0.25, 0.3) is 16.8 Å². The highest BCUT2D eigenvalue weighted by Crippen LogP contribution is 2.25. The standard InChI is InChI=1S/C11H10N6/c12-8-1-9(7-2-14-6-15-3-7)11-16-10(13)5-17(11)4-8/h1-6H,12-13H2. The summed E-state index contributed by atoms with van der Waals surface area (Å²) in [7, 11) is 0. The molecule has 6 nitrogen and oxygen atoms in total. The average Bonchev–Trinajstić information content (AvgIpc) is 2.69. The first-order chi connectivity index (χ1) is 8.24. The predicted molar refractivity (Wildman–Crippen MR) is 65.0 cm³/mol. The molecule has 0 aromatic carbocycles. The summed E-state index contributed by atoms with van der Waals surface area (Å²) in [6.07, 6.45) is 8.40. The van der Waals surface area contributed by atoms with Gasteiger partial charge >= 0.3 is 0 Å². The number of pyridine rings is 1. The number of fused-ring (bicyclic) bond motifs is 1. The summed E-state index contributed by atoms with van der Waals surface area (Å²) >= 11 is 0. The van der Waals surface area contributed by atoms with Crippen molar-refractivity contribution >= 4 is 17.2 Å². The zero-order chi connectivity index (χ0) is 11.8. The first kappa shape index (κ1) is 9.59. The van der Waals surface area contributed by atoms with Crippen molar-refractivity contribution in [3.05, 3.63) is 37.2 Å². The first-order valence-electron chi connectivity index (χ1n) is 5.03. The predicted octanol–water partition coefficient (Wildman–Crippen LogP) is 0.956. The minimum absolute atomic E-state index is 0.452. The van der Waals surface area contributed by atoms with Crippen molar-refractivity contribution < 1.29 is 0 Å². The molecule has 0 saturated carbocycles. The van der Waals surface area contributed by atoms with Crippen LogP contribution in [-0.4, -0.2) is 19.4 Å². The van der Waals surface area contributed by atoms with Crippen molar-refractivity contribution in [1.82, 2.24) is 19.4 Å². The van der Waals surface area contributed by atoms with Gasteiger partial charge in [0.25, 0.3) is 0 Å². The van der Waals surface area contributed by atoms with E-state index < -0.39 is 0 Å². The molecule has 0 amide bonds. The average molecular weight is 226 g/mol. The Hall–Kier alpha value is -2.63. The minimum Gasteiger partial charge on any atom is -0.398 e. The largest absolute Gasteiger partial charge is 0.398 e. The number of aromatic nitrogens is 4. The Morgan fingerprint density at radius 3 is 2.59 bits per heavy atom. The van der Waals surface area contributed by atoms with Crippen molar-refractivity contribution in [2.75, 3.05) is 11.5 Å². The number of hydrogen-bond acceptors (Lipinski definition) is 5. The number of nitrogen functional groups attached to an aromatic ring is 2. The third-order valence-corrected chi connectivity index (χ3v) is 2.46. The molecule has 0 spiro atoms. The zero-order valence-electron chi connectivity index (χ0n) is 8.91. The molecule has 0 aliphatic heterocycles. The second kappa shape index (κ2) is 3.44. The van der Waals surface area contributed by atoms with Gasteiger partial charge in [0, 0.05) is 35.4 Å². The van der Waals surface area contributed by atoms with Gasteiger partial charge in [-0.1, -0.05) is 0 Å². The Morgan fingerprint density at radius 1 is 1.06 bits per heavy atom. The van der Waals surface area contributed by atoms with E-state index in [-0.39, 0.29) is 0 Å². The zero-order valence-corrected chi connectivity index (χ0v) is 8.91. The van der Waals surface area contributed by atoms with E-state index in [0.717, 1.165) is 16.8 Å². The number of nitrogens with zero attached hydrogens (tertiary/aromatic N) is 4. The van der Waals surface area contributed by atoms with E-state index in [1.54, 1.807) is 29.2 Å². The molecule has 3 aromatic heterocycles. The van der Waals surface area contributed by atoms with Crippen molar-refractivity contribution in [3.63, 3.8) is 0 Å². The maximum Gasteiger partial charge on any atom is 0.147 e. The lowest BCUT2D eigenvalue weighted by Gasteiger charge is -2.04. The molecule has 6 heteroatoms. The Balaban J connectivity index is 2.35. The maximum atomic E-state index is 5.84. The van der Waals surface area contributed by atoms with Gasteiger partial charge in [-0.15, -0.1) is 0 Å². The fraction of sp³-hybridized carbons (Fsp3) is 0. The van der Waals surface area contributed by atoms with Gasteiger partial charge in [-0.25, -0.2) is 15.0 Å². The van der Waals surface area contributed by atoms with Gasteiger partial charge in [-0.2, -0.15) is 0 Å². The van der Waals surface area contributed by atoms with E-state index >= 15 is 0 Å². The van der Waals surface area contributed by atoms with Crippen molar-refractivity contribution in [2.45, 2.75) is 0 Å². The maximum absolute atomic E-state index is 5.84. The highest BCUT2D eigenvalue weighted by molar-refractivity contribution is 5.80. The molecule has 0 radical (unpaired) electrons. The molecular weight excluding hydrogens is 216 g/mol. The molecule has 0 aliphatic rings. The summed E-state index contributed by atoms with van der Waals surface area (Å²) in [6, 6.07) is 1.83. The summed E-state index contributed by atoms with van der Waals surface area (Å²) in [6.45, 7) is 0. The van der Waals surface area contributed by atoms with Gasteiger partial charge < -0.3 is 15.9 Å². The molecule has 0 aliphatic carbocycles. The van der Waals surface area contributed by atoms with Gasteiger partial charge in [0.15, 0.2) is 0 Å². The second-order valence-electron chi connectivity index (χ2n) is 3.71. The molecule has 84 valence electrons. The summed E-state index contributed by atoms with van der Waals surface area (Å²) < 4.78 is 1.80. The normalized spacial score (nSPS) is 10.8. The lowest BCUT2D eigenvalue weighted by molar-refractivity contribution is 1.16. The van der Waals surface area contributed by atoms with Crippen LogP contribution in [0, 0.1) is 0 Å². The van der Waals surface area contributed by atoms with Crippen molar-refractivity contribution in [1.29, 1.82) is 0 Å². The molecule has 17 heavy (non-hydrogen) atoms. The Bertz CT molecular complexity index is 673. The van der Waals surface area contributed by atoms with Crippen LogP contribution in [0.3, 0.4) is 0 Å². The van der Waals surface area contributed by atoms with Crippen LogP contribution in [0.1, 0.15) is 0 Å². The van der Waals surface area contributed by atoms with Gasteiger partial charge in [0.2, 0.25) is 0 Å². The van der Waals surface area contributed by atoms with E-state index in [2.05, 4.69) is 15.0 Å². The summed E-state index contributed by atoms with van der Waals surface area (Å²) in [5.74, 6) is 0.452. The number of anilines is 2. The van der Waals surface area contributed by atoms with E-state index in [0.29, 0.717) is 11.5 Å². The smallest absolute Gasteiger partial charge is 0.147 e. The van der Waals surface area contributed by atoms with Crippen LogP contribution < -0.4 is 11.5 Å². The fourth-order valence-corrected chi connectivity index (χ4v) is 1.79. The molecule has 3 aromatic rings. The van der Waals surface area contributed by atoms with Crippen LogP contribution in [0.4, 0.5) is 11.5 Å². The molecular formula is C11H10N6. The molecule has 0 unspecified atom stereocenters. The van der Waals surface area contributed by atoms with Gasteiger partial charge in [0.05, 0.1) is 6.20 Å². The topological polar surface area (TPSA) is 95.1 Å². The van der Waals surface area contributed by atoms with E-state index in [1.807, 2.05) is 6.07 Å². The first-order valence-corrected chi connectivity index (χ1v) is 5.03. The monoisotopic (exact) mass is 226 g/mol. The molecule has 0 bridgehead atoms.